The molecule has 0 bridgehead atoms. The number of hydrogen-bond donors (Lipinski definition) is 0. The van der Waals surface area contributed by atoms with E-state index in [1.807, 2.05) is 18.2 Å². The molecule has 1 aromatic carbocycles. The molecule has 0 N–H and O–H groups in total. The zero-order valence-electron chi connectivity index (χ0n) is 9.91. The van der Waals surface area contributed by atoms with Gasteiger partial charge in [-0.25, -0.2) is 0 Å². The van der Waals surface area contributed by atoms with E-state index in [0.29, 0.717) is 0 Å². The van der Waals surface area contributed by atoms with Crippen LogP contribution < -0.4 is 0 Å². The summed E-state index contributed by atoms with van der Waals surface area (Å²) in [5.74, 6) is 0. The van der Waals surface area contributed by atoms with Crippen molar-refractivity contribution in [2.45, 2.75) is 25.7 Å². The maximum Gasteiger partial charge on any atom is -0.00999 e. The molecule has 0 nitrogen and oxygen atoms in total. The van der Waals surface area contributed by atoms with Crippen molar-refractivity contribution in [1.82, 2.24) is 0 Å². The fraction of sp³-hybridized carbons (Fsp3) is 0.250. The second kappa shape index (κ2) is 6.84. The highest BCUT2D eigenvalue weighted by atomic mass is 14.0. The van der Waals surface area contributed by atoms with Crippen LogP contribution in [0.3, 0.4) is 0 Å². The van der Waals surface area contributed by atoms with Gasteiger partial charge in [0.2, 0.25) is 0 Å². The predicted octanol–water partition coefficient (Wildman–Crippen LogP) is 4.26. The van der Waals surface area contributed by atoms with Gasteiger partial charge in [0.05, 0.1) is 0 Å². The highest BCUT2D eigenvalue weighted by Gasteiger charge is 1.99. The Morgan fingerprint density at radius 3 is 1.69 bits per heavy atom. The van der Waals surface area contributed by atoms with Crippen LogP contribution in [-0.4, -0.2) is 0 Å². The van der Waals surface area contributed by atoms with E-state index in [9.17, 15) is 0 Å². The third-order valence-electron chi connectivity index (χ3n) is 2.51. The van der Waals surface area contributed by atoms with Crippen LogP contribution in [-0.2, 0) is 19.3 Å². The summed E-state index contributed by atoms with van der Waals surface area (Å²) in [4.78, 5) is 0. The fourth-order valence-electron chi connectivity index (χ4n) is 1.82. The summed E-state index contributed by atoms with van der Waals surface area (Å²) in [5, 5.41) is 0. The van der Waals surface area contributed by atoms with Crippen LogP contribution in [0.5, 0.6) is 0 Å². The lowest BCUT2D eigenvalue weighted by molar-refractivity contribution is 0.990. The van der Waals surface area contributed by atoms with E-state index in [0.717, 1.165) is 25.7 Å². The summed E-state index contributed by atoms with van der Waals surface area (Å²) in [7, 11) is 0. The molecule has 84 valence electrons. The van der Waals surface area contributed by atoms with Crippen molar-refractivity contribution in [2.75, 3.05) is 0 Å². The third-order valence-corrected chi connectivity index (χ3v) is 2.51. The Balaban J connectivity index is 2.92. The Bertz CT molecular complexity index is 343. The molecular formula is C16H20. The largest absolute Gasteiger partial charge is 0.103 e. The minimum Gasteiger partial charge on any atom is -0.103 e. The topological polar surface area (TPSA) is 0 Å². The zero-order chi connectivity index (χ0) is 11.8. The minimum absolute atomic E-state index is 0.937. The van der Waals surface area contributed by atoms with E-state index in [1.165, 1.54) is 16.7 Å². The van der Waals surface area contributed by atoms with Gasteiger partial charge >= 0.3 is 0 Å². The summed E-state index contributed by atoms with van der Waals surface area (Å²) in [6, 6.07) is 6.76. The molecule has 0 fully saturated rings. The predicted molar refractivity (Wildman–Crippen MR) is 72.8 cm³/mol. The standard InChI is InChI=1S/C16H20/c1-4-7-10-16-12-14(8-5-2)11-15(13-16)9-6-3/h4-6,11-13H,1-3,7-10H2. The summed E-state index contributed by atoms with van der Waals surface area (Å²) >= 11 is 0. The van der Waals surface area contributed by atoms with E-state index in [4.69, 9.17) is 0 Å². The molecule has 0 heteroatoms. The molecule has 0 aliphatic carbocycles. The number of hydrogen-bond acceptors (Lipinski definition) is 0. The van der Waals surface area contributed by atoms with Crippen molar-refractivity contribution in [3.05, 3.63) is 72.9 Å². The normalized spacial score (nSPS) is 9.75. The molecule has 0 aliphatic rings. The summed E-state index contributed by atoms with van der Waals surface area (Å²) in [6.45, 7) is 11.3. The molecule has 0 saturated carbocycles. The lowest BCUT2D eigenvalue weighted by atomic mass is 9.99. The van der Waals surface area contributed by atoms with Crippen molar-refractivity contribution in [1.29, 1.82) is 0 Å². The number of rotatable bonds is 7. The van der Waals surface area contributed by atoms with E-state index in [-0.39, 0.29) is 0 Å². The van der Waals surface area contributed by atoms with Crippen molar-refractivity contribution in [2.24, 2.45) is 0 Å². The molecular weight excluding hydrogens is 192 g/mol. The molecule has 0 amide bonds. The maximum absolute atomic E-state index is 3.79. The van der Waals surface area contributed by atoms with Gasteiger partial charge in [0.25, 0.3) is 0 Å². The van der Waals surface area contributed by atoms with E-state index in [1.54, 1.807) is 0 Å². The van der Waals surface area contributed by atoms with Crippen molar-refractivity contribution in [3.8, 4) is 0 Å². The Morgan fingerprint density at radius 1 is 0.750 bits per heavy atom. The number of aryl methyl sites for hydroxylation is 1. The maximum atomic E-state index is 3.79. The van der Waals surface area contributed by atoms with Crippen LogP contribution in [0.15, 0.2) is 56.2 Å². The second-order valence-electron chi connectivity index (χ2n) is 3.97. The first-order valence-corrected chi connectivity index (χ1v) is 5.74. The van der Waals surface area contributed by atoms with Crippen LogP contribution >= 0.6 is 0 Å². The Kier molecular flexibility index (Phi) is 5.35. The summed E-state index contributed by atoms with van der Waals surface area (Å²) < 4.78 is 0. The molecule has 1 aromatic rings. The van der Waals surface area contributed by atoms with Gasteiger partial charge in [0, 0.05) is 0 Å². The van der Waals surface area contributed by atoms with Gasteiger partial charge in [-0.1, -0.05) is 36.4 Å². The minimum atomic E-state index is 0.937. The molecule has 0 atom stereocenters. The van der Waals surface area contributed by atoms with Crippen LogP contribution in [0.1, 0.15) is 23.1 Å². The monoisotopic (exact) mass is 212 g/mol. The smallest absolute Gasteiger partial charge is 0.00999 e. The lowest BCUT2D eigenvalue weighted by Gasteiger charge is -2.07. The summed E-state index contributed by atoms with van der Waals surface area (Å²) in [5.41, 5.74) is 4.07. The highest BCUT2D eigenvalue weighted by Crippen LogP contribution is 2.14. The first kappa shape index (κ1) is 12.5. The molecule has 0 aliphatic heterocycles. The van der Waals surface area contributed by atoms with Gasteiger partial charge in [0.1, 0.15) is 0 Å². The Labute approximate surface area is 99.0 Å². The van der Waals surface area contributed by atoms with Crippen molar-refractivity contribution in [3.63, 3.8) is 0 Å². The van der Waals surface area contributed by atoms with Gasteiger partial charge < -0.3 is 0 Å². The zero-order valence-corrected chi connectivity index (χ0v) is 9.91. The van der Waals surface area contributed by atoms with Crippen molar-refractivity contribution >= 4 is 0 Å². The Hall–Kier alpha value is -1.56. The number of allylic oxidation sites excluding steroid dienone is 3. The molecule has 0 saturated heterocycles. The van der Waals surface area contributed by atoms with E-state index >= 15 is 0 Å². The highest BCUT2D eigenvalue weighted by molar-refractivity contribution is 5.32. The molecule has 16 heavy (non-hydrogen) atoms. The van der Waals surface area contributed by atoms with Gasteiger partial charge in [-0.15, -0.1) is 19.7 Å². The average molecular weight is 212 g/mol. The van der Waals surface area contributed by atoms with Gasteiger partial charge in [-0.3, -0.25) is 0 Å². The molecule has 0 spiro atoms. The molecule has 0 unspecified atom stereocenters. The van der Waals surface area contributed by atoms with Gasteiger partial charge in [-0.05, 0) is 42.4 Å². The van der Waals surface area contributed by atoms with Crippen molar-refractivity contribution < 1.29 is 0 Å². The van der Waals surface area contributed by atoms with E-state index in [2.05, 4.69) is 37.9 Å². The first-order valence-electron chi connectivity index (χ1n) is 5.74. The Morgan fingerprint density at radius 2 is 1.25 bits per heavy atom. The van der Waals surface area contributed by atoms with Crippen LogP contribution in [0, 0.1) is 0 Å². The molecule has 0 aromatic heterocycles. The molecule has 1 rings (SSSR count). The van der Waals surface area contributed by atoms with Crippen LogP contribution in [0.25, 0.3) is 0 Å². The van der Waals surface area contributed by atoms with Crippen LogP contribution in [0.4, 0.5) is 0 Å². The fourth-order valence-corrected chi connectivity index (χ4v) is 1.82. The van der Waals surface area contributed by atoms with Crippen LogP contribution in [0.2, 0.25) is 0 Å². The molecule has 0 radical (unpaired) electrons. The quantitative estimate of drug-likeness (QED) is 0.592. The third kappa shape index (κ3) is 3.90. The van der Waals surface area contributed by atoms with Gasteiger partial charge in [0.15, 0.2) is 0 Å². The lowest BCUT2D eigenvalue weighted by Crippen LogP contribution is -1.92. The van der Waals surface area contributed by atoms with Gasteiger partial charge in [-0.2, -0.15) is 0 Å². The second-order valence-corrected chi connectivity index (χ2v) is 3.97. The van der Waals surface area contributed by atoms with E-state index < -0.39 is 0 Å². The number of benzene rings is 1. The molecule has 0 heterocycles. The SMILES string of the molecule is C=CCCc1cc(CC=C)cc(CC=C)c1. The summed E-state index contributed by atoms with van der Waals surface area (Å²) in [6.07, 6.45) is 9.84. The first-order chi connectivity index (χ1) is 7.80. The average Bonchev–Trinajstić information content (AvgIpc) is 2.27.